The van der Waals surface area contributed by atoms with Gasteiger partial charge in [-0.1, -0.05) is 0 Å². The number of aryl methyl sites for hydroxylation is 1. The number of fused-ring (bicyclic) bond motifs is 2. The molecule has 2 aromatic heterocycles. The summed E-state index contributed by atoms with van der Waals surface area (Å²) in [4.78, 5) is 31.2. The van der Waals surface area contributed by atoms with Gasteiger partial charge in [0.1, 0.15) is 5.58 Å². The van der Waals surface area contributed by atoms with Crippen LogP contribution in [0.1, 0.15) is 34.5 Å². The number of aromatic amines is 1. The van der Waals surface area contributed by atoms with E-state index in [2.05, 4.69) is 38.4 Å². The van der Waals surface area contributed by atoms with Gasteiger partial charge in [-0.2, -0.15) is 5.26 Å². The Morgan fingerprint density at radius 2 is 1.92 bits per heavy atom. The van der Waals surface area contributed by atoms with Crippen LogP contribution < -0.4 is 16.0 Å². The summed E-state index contributed by atoms with van der Waals surface area (Å²) in [7, 11) is 0. The van der Waals surface area contributed by atoms with Crippen LogP contribution in [-0.4, -0.2) is 61.0 Å². The summed E-state index contributed by atoms with van der Waals surface area (Å²) in [5, 5.41) is 13.6. The van der Waals surface area contributed by atoms with Gasteiger partial charge in [0, 0.05) is 60.4 Å². The number of hydrogen-bond acceptors (Lipinski definition) is 6. The van der Waals surface area contributed by atoms with E-state index >= 15 is 0 Å². The number of rotatable bonds is 9. The standard InChI is InChI=1S/C28H30N6O3/c29-16-19-4-7-24-23(13-19)21(17-31-24)3-1-2-8-33-9-11-34(12-10-33)22-6-5-20-14-26(37-25(20)15-22)28(36)32-18-27(30)35/h4-7,13-15,17,31H,1-3,8-12,18H2,(H2,30,35)(H,32,36). The largest absolute Gasteiger partial charge is 0.451 e. The molecule has 1 saturated heterocycles. The molecule has 0 saturated carbocycles. The smallest absolute Gasteiger partial charge is 0.287 e. The molecule has 190 valence electrons. The average Bonchev–Trinajstić information content (AvgIpc) is 3.53. The van der Waals surface area contributed by atoms with Gasteiger partial charge in [0.15, 0.2) is 5.76 Å². The SMILES string of the molecule is N#Cc1ccc2[nH]cc(CCCCN3CCN(c4ccc5cc(C(=O)NCC(N)=O)oc5c4)CC3)c2c1. The van der Waals surface area contributed by atoms with Gasteiger partial charge in [0.2, 0.25) is 5.91 Å². The lowest BCUT2D eigenvalue weighted by Crippen LogP contribution is -2.46. The van der Waals surface area contributed by atoms with Crippen molar-refractivity contribution in [2.75, 3.05) is 44.2 Å². The van der Waals surface area contributed by atoms with Crippen LogP contribution in [-0.2, 0) is 11.2 Å². The number of benzene rings is 2. The highest BCUT2D eigenvalue weighted by Gasteiger charge is 2.19. The zero-order valence-corrected chi connectivity index (χ0v) is 20.6. The van der Waals surface area contributed by atoms with Crippen molar-refractivity contribution in [3.8, 4) is 6.07 Å². The van der Waals surface area contributed by atoms with E-state index in [9.17, 15) is 14.9 Å². The van der Waals surface area contributed by atoms with Gasteiger partial charge in [-0.3, -0.25) is 14.5 Å². The fourth-order valence-electron chi connectivity index (χ4n) is 4.92. The summed E-state index contributed by atoms with van der Waals surface area (Å²) >= 11 is 0. The van der Waals surface area contributed by atoms with E-state index in [1.807, 2.05) is 30.3 Å². The molecule has 2 amide bonds. The molecule has 1 aliphatic rings. The maximum Gasteiger partial charge on any atom is 0.287 e. The number of primary amides is 1. The van der Waals surface area contributed by atoms with Crippen molar-refractivity contribution in [1.29, 1.82) is 5.26 Å². The molecule has 4 aromatic rings. The first-order valence-electron chi connectivity index (χ1n) is 12.6. The van der Waals surface area contributed by atoms with Gasteiger partial charge in [-0.15, -0.1) is 0 Å². The normalized spacial score (nSPS) is 14.2. The third-order valence-corrected chi connectivity index (χ3v) is 6.96. The number of nitrogens with two attached hydrogens (primary N) is 1. The third kappa shape index (κ3) is 5.60. The fraction of sp³-hybridized carbons (Fsp3) is 0.321. The predicted octanol–water partition coefficient (Wildman–Crippen LogP) is 3.15. The zero-order chi connectivity index (χ0) is 25.8. The van der Waals surface area contributed by atoms with Gasteiger partial charge >= 0.3 is 0 Å². The molecule has 9 heteroatoms. The summed E-state index contributed by atoms with van der Waals surface area (Å²) in [6.45, 7) is 4.69. The summed E-state index contributed by atoms with van der Waals surface area (Å²) in [5.74, 6) is -0.895. The summed E-state index contributed by atoms with van der Waals surface area (Å²) in [6, 6.07) is 15.7. The van der Waals surface area contributed by atoms with Crippen LogP contribution in [0.25, 0.3) is 21.9 Å². The zero-order valence-electron chi connectivity index (χ0n) is 20.6. The average molecular weight is 499 g/mol. The maximum absolute atomic E-state index is 12.2. The van der Waals surface area contributed by atoms with E-state index in [4.69, 9.17) is 10.2 Å². The van der Waals surface area contributed by atoms with Crippen molar-refractivity contribution in [3.05, 3.63) is 65.5 Å². The molecule has 0 radical (unpaired) electrons. The topological polar surface area (TPSA) is 131 Å². The first kappa shape index (κ1) is 24.4. The molecule has 2 aromatic carbocycles. The minimum atomic E-state index is -0.602. The molecular formula is C28H30N6O3. The number of nitrogens with zero attached hydrogens (tertiary/aromatic N) is 3. The second-order valence-corrected chi connectivity index (χ2v) is 9.45. The monoisotopic (exact) mass is 498 g/mol. The van der Waals surface area contributed by atoms with Crippen LogP contribution >= 0.6 is 0 Å². The number of aromatic nitrogens is 1. The quantitative estimate of drug-likeness (QED) is 0.304. The Hall–Kier alpha value is -4.29. The molecular weight excluding hydrogens is 468 g/mol. The van der Waals surface area contributed by atoms with Crippen molar-refractivity contribution in [2.24, 2.45) is 5.73 Å². The van der Waals surface area contributed by atoms with Gasteiger partial charge < -0.3 is 25.4 Å². The molecule has 0 atom stereocenters. The Labute approximate surface area is 214 Å². The number of hydrogen-bond donors (Lipinski definition) is 3. The Morgan fingerprint density at radius 1 is 1.08 bits per heavy atom. The Kier molecular flexibility index (Phi) is 7.10. The van der Waals surface area contributed by atoms with E-state index in [0.717, 1.165) is 74.0 Å². The number of nitriles is 1. The molecule has 3 heterocycles. The molecule has 0 aliphatic carbocycles. The number of piperazine rings is 1. The van der Waals surface area contributed by atoms with Crippen LogP contribution in [0.3, 0.4) is 0 Å². The highest BCUT2D eigenvalue weighted by molar-refractivity contribution is 5.98. The van der Waals surface area contributed by atoms with E-state index < -0.39 is 11.8 Å². The van der Waals surface area contributed by atoms with Crippen LogP contribution in [0.2, 0.25) is 0 Å². The summed E-state index contributed by atoms with van der Waals surface area (Å²) in [5.41, 5.74) is 9.85. The van der Waals surface area contributed by atoms with Crippen LogP contribution in [0, 0.1) is 11.3 Å². The van der Waals surface area contributed by atoms with E-state index in [0.29, 0.717) is 11.1 Å². The summed E-state index contributed by atoms with van der Waals surface area (Å²) in [6.07, 6.45) is 5.30. The fourth-order valence-corrected chi connectivity index (χ4v) is 4.92. The second kappa shape index (κ2) is 10.8. The number of carbonyl (C=O) groups is 2. The number of H-pyrrole nitrogens is 1. The lowest BCUT2D eigenvalue weighted by atomic mass is 10.1. The summed E-state index contributed by atoms with van der Waals surface area (Å²) < 4.78 is 5.73. The maximum atomic E-state index is 12.2. The minimum absolute atomic E-state index is 0.163. The number of furan rings is 1. The molecule has 37 heavy (non-hydrogen) atoms. The lowest BCUT2D eigenvalue weighted by molar-refractivity contribution is -0.117. The Bertz CT molecular complexity index is 1470. The van der Waals surface area contributed by atoms with Crippen molar-refractivity contribution < 1.29 is 14.0 Å². The first-order valence-corrected chi connectivity index (χ1v) is 12.6. The van der Waals surface area contributed by atoms with Crippen LogP contribution in [0.15, 0.2) is 53.1 Å². The van der Waals surface area contributed by atoms with E-state index in [1.165, 1.54) is 5.56 Å². The lowest BCUT2D eigenvalue weighted by Gasteiger charge is -2.36. The number of amides is 2. The van der Waals surface area contributed by atoms with Gasteiger partial charge in [-0.05, 0) is 67.8 Å². The van der Waals surface area contributed by atoms with Crippen LogP contribution in [0.5, 0.6) is 0 Å². The molecule has 1 fully saturated rings. The van der Waals surface area contributed by atoms with Crippen molar-refractivity contribution in [2.45, 2.75) is 19.3 Å². The first-order chi connectivity index (χ1) is 18.0. The molecule has 5 rings (SSSR count). The molecule has 4 N–H and O–H groups in total. The Morgan fingerprint density at radius 3 is 2.70 bits per heavy atom. The van der Waals surface area contributed by atoms with Crippen molar-refractivity contribution in [1.82, 2.24) is 15.2 Å². The van der Waals surface area contributed by atoms with Crippen molar-refractivity contribution >= 4 is 39.4 Å². The van der Waals surface area contributed by atoms with Gasteiger partial charge in [-0.25, -0.2) is 0 Å². The molecule has 9 nitrogen and oxygen atoms in total. The highest BCUT2D eigenvalue weighted by atomic mass is 16.3. The second-order valence-electron chi connectivity index (χ2n) is 9.45. The van der Waals surface area contributed by atoms with E-state index in [-0.39, 0.29) is 12.3 Å². The highest BCUT2D eigenvalue weighted by Crippen LogP contribution is 2.26. The number of anilines is 1. The number of unbranched alkanes of at least 4 members (excludes halogenated alkanes) is 1. The minimum Gasteiger partial charge on any atom is -0.451 e. The molecule has 0 bridgehead atoms. The molecule has 0 unspecified atom stereocenters. The molecule has 0 spiro atoms. The molecule has 1 aliphatic heterocycles. The number of carbonyl (C=O) groups excluding carboxylic acids is 2. The third-order valence-electron chi connectivity index (χ3n) is 6.96. The van der Waals surface area contributed by atoms with Crippen molar-refractivity contribution in [3.63, 3.8) is 0 Å². The van der Waals surface area contributed by atoms with Gasteiger partial charge in [0.25, 0.3) is 5.91 Å². The van der Waals surface area contributed by atoms with Gasteiger partial charge in [0.05, 0.1) is 18.2 Å². The predicted molar refractivity (Wildman–Crippen MR) is 142 cm³/mol. The number of nitrogens with one attached hydrogen (secondary N) is 2. The Balaban J connectivity index is 1.10. The van der Waals surface area contributed by atoms with E-state index in [1.54, 1.807) is 6.07 Å². The van der Waals surface area contributed by atoms with Crippen LogP contribution in [0.4, 0.5) is 5.69 Å².